The summed E-state index contributed by atoms with van der Waals surface area (Å²) < 4.78 is 2.40. The van der Waals surface area contributed by atoms with Crippen molar-refractivity contribution in [2.75, 3.05) is 5.75 Å². The van der Waals surface area contributed by atoms with E-state index in [9.17, 15) is 0 Å². The number of rotatable bonds is 3. The minimum Gasteiger partial charge on any atom is -0.342 e. The van der Waals surface area contributed by atoms with Crippen molar-refractivity contribution in [3.8, 4) is 0 Å². The molecule has 3 rings (SSSR count). The van der Waals surface area contributed by atoms with Gasteiger partial charge in [-0.3, -0.25) is 0 Å². The lowest BCUT2D eigenvalue weighted by Gasteiger charge is -2.13. The molecular weight excluding hydrogens is 204 g/mol. The molecule has 0 saturated heterocycles. The Kier molecular flexibility index (Phi) is 2.33. The number of thioether (sulfide) groups is 1. The Bertz CT molecular complexity index is 342. The zero-order valence-electron chi connectivity index (χ0n) is 9.04. The van der Waals surface area contributed by atoms with Crippen molar-refractivity contribution in [1.29, 1.82) is 0 Å². The van der Waals surface area contributed by atoms with Crippen LogP contribution < -0.4 is 5.73 Å². The van der Waals surface area contributed by atoms with E-state index < -0.39 is 0 Å². The van der Waals surface area contributed by atoms with Crippen molar-refractivity contribution < 1.29 is 0 Å². The van der Waals surface area contributed by atoms with E-state index in [-0.39, 0.29) is 5.54 Å². The molecule has 82 valence electrons. The van der Waals surface area contributed by atoms with E-state index in [0.29, 0.717) is 0 Å². The third kappa shape index (κ3) is 2.08. The molecule has 0 unspecified atom stereocenters. The molecule has 2 nitrogen and oxygen atoms in total. The van der Waals surface area contributed by atoms with Gasteiger partial charge in [-0.25, -0.2) is 0 Å². The Balaban J connectivity index is 1.67. The number of aromatic nitrogens is 1. The quantitative estimate of drug-likeness (QED) is 0.851. The molecule has 0 atom stereocenters. The van der Waals surface area contributed by atoms with Crippen LogP contribution in [0.25, 0.3) is 0 Å². The number of hydrogen-bond acceptors (Lipinski definition) is 2. The fraction of sp³-hybridized carbons (Fsp3) is 0.667. The number of nitrogens with zero attached hydrogens (tertiary/aromatic N) is 1. The van der Waals surface area contributed by atoms with E-state index in [1.807, 2.05) is 11.8 Å². The van der Waals surface area contributed by atoms with Crippen molar-refractivity contribution in [2.45, 2.75) is 49.2 Å². The van der Waals surface area contributed by atoms with Crippen LogP contribution >= 0.6 is 11.8 Å². The summed E-state index contributed by atoms with van der Waals surface area (Å²) in [6, 6.07) is 2.36. The molecule has 0 amide bonds. The van der Waals surface area contributed by atoms with Crippen molar-refractivity contribution in [1.82, 2.24) is 4.57 Å². The molecule has 1 aliphatic carbocycles. The summed E-state index contributed by atoms with van der Waals surface area (Å²) in [6.45, 7) is 1.20. The lowest BCUT2D eigenvalue weighted by molar-refractivity contribution is 0.604. The molecule has 1 fully saturated rings. The van der Waals surface area contributed by atoms with Crippen LogP contribution in [-0.4, -0.2) is 15.9 Å². The van der Waals surface area contributed by atoms with E-state index in [0.717, 1.165) is 6.42 Å². The standard InChI is InChI=1S/C12H18N2S/c13-12(4-5-12)3-2-10-8-11-14(9-10)6-1-7-15-11/h8-9H,1-7,13H2. The van der Waals surface area contributed by atoms with Crippen molar-refractivity contribution in [3.63, 3.8) is 0 Å². The monoisotopic (exact) mass is 222 g/mol. The molecule has 0 aromatic carbocycles. The van der Waals surface area contributed by atoms with E-state index in [4.69, 9.17) is 5.73 Å². The Morgan fingerprint density at radius 3 is 3.07 bits per heavy atom. The minimum absolute atomic E-state index is 0.204. The highest BCUT2D eigenvalue weighted by atomic mass is 32.2. The number of fused-ring (bicyclic) bond motifs is 1. The highest BCUT2D eigenvalue weighted by molar-refractivity contribution is 7.99. The number of aryl methyl sites for hydroxylation is 2. The highest BCUT2D eigenvalue weighted by Crippen LogP contribution is 2.37. The molecule has 2 N–H and O–H groups in total. The SMILES string of the molecule is NC1(CCc2cc3n(c2)CCCS3)CC1. The zero-order valence-corrected chi connectivity index (χ0v) is 9.85. The van der Waals surface area contributed by atoms with Gasteiger partial charge in [-0.2, -0.15) is 0 Å². The second kappa shape index (κ2) is 3.56. The molecule has 1 aromatic rings. The lowest BCUT2D eigenvalue weighted by atomic mass is 10.1. The van der Waals surface area contributed by atoms with Gasteiger partial charge in [-0.15, -0.1) is 11.8 Å². The first-order valence-corrected chi connectivity index (χ1v) is 6.85. The molecule has 2 aliphatic rings. The highest BCUT2D eigenvalue weighted by Gasteiger charge is 2.37. The Morgan fingerprint density at radius 2 is 2.33 bits per heavy atom. The molecule has 1 saturated carbocycles. The Morgan fingerprint density at radius 1 is 1.47 bits per heavy atom. The number of nitrogens with two attached hydrogens (primary N) is 1. The summed E-state index contributed by atoms with van der Waals surface area (Å²) in [5, 5.41) is 1.46. The minimum atomic E-state index is 0.204. The molecule has 0 radical (unpaired) electrons. The van der Waals surface area contributed by atoms with E-state index >= 15 is 0 Å². The Hall–Kier alpha value is -0.410. The third-order valence-corrected chi connectivity index (χ3v) is 4.65. The normalized spacial score (nSPS) is 22.5. The molecule has 15 heavy (non-hydrogen) atoms. The summed E-state index contributed by atoms with van der Waals surface area (Å²) >= 11 is 1.99. The molecule has 0 spiro atoms. The van der Waals surface area contributed by atoms with Gasteiger partial charge in [0, 0.05) is 24.0 Å². The average Bonchev–Trinajstić information content (AvgIpc) is 2.83. The molecule has 2 heterocycles. The van der Waals surface area contributed by atoms with Crippen LogP contribution in [0.4, 0.5) is 0 Å². The summed E-state index contributed by atoms with van der Waals surface area (Å²) in [7, 11) is 0. The first-order chi connectivity index (χ1) is 7.25. The summed E-state index contributed by atoms with van der Waals surface area (Å²) in [5.41, 5.74) is 7.79. The van der Waals surface area contributed by atoms with Crippen LogP contribution in [0.2, 0.25) is 0 Å². The smallest absolute Gasteiger partial charge is 0.0750 e. The predicted molar refractivity (Wildman–Crippen MR) is 64.2 cm³/mol. The largest absolute Gasteiger partial charge is 0.342 e. The van der Waals surface area contributed by atoms with Crippen LogP contribution in [0.1, 0.15) is 31.2 Å². The Labute approximate surface area is 95.2 Å². The van der Waals surface area contributed by atoms with Crippen LogP contribution in [-0.2, 0) is 13.0 Å². The van der Waals surface area contributed by atoms with E-state index in [2.05, 4.69) is 16.8 Å². The van der Waals surface area contributed by atoms with E-state index in [1.54, 1.807) is 0 Å². The maximum absolute atomic E-state index is 6.10. The first-order valence-electron chi connectivity index (χ1n) is 5.86. The van der Waals surface area contributed by atoms with Gasteiger partial charge in [-0.05, 0) is 43.7 Å². The predicted octanol–water partition coefficient (Wildman–Crippen LogP) is 2.41. The maximum atomic E-state index is 6.10. The zero-order chi connectivity index (χ0) is 10.3. The van der Waals surface area contributed by atoms with Gasteiger partial charge in [0.25, 0.3) is 0 Å². The summed E-state index contributed by atoms with van der Waals surface area (Å²) in [5.74, 6) is 1.28. The summed E-state index contributed by atoms with van der Waals surface area (Å²) in [6.07, 6.45) is 8.43. The maximum Gasteiger partial charge on any atom is 0.0750 e. The van der Waals surface area contributed by atoms with Crippen LogP contribution in [0, 0.1) is 0 Å². The van der Waals surface area contributed by atoms with Gasteiger partial charge in [0.15, 0.2) is 0 Å². The lowest BCUT2D eigenvalue weighted by Crippen LogP contribution is -2.21. The summed E-state index contributed by atoms with van der Waals surface area (Å²) in [4.78, 5) is 0. The first kappa shape index (κ1) is 9.79. The second-order valence-electron chi connectivity index (χ2n) is 4.94. The average molecular weight is 222 g/mol. The fourth-order valence-electron chi connectivity index (χ4n) is 2.19. The van der Waals surface area contributed by atoms with Gasteiger partial charge in [-0.1, -0.05) is 0 Å². The third-order valence-electron chi connectivity index (χ3n) is 3.51. The second-order valence-corrected chi connectivity index (χ2v) is 6.06. The van der Waals surface area contributed by atoms with Crippen LogP contribution in [0.15, 0.2) is 17.3 Å². The molecule has 0 bridgehead atoms. The van der Waals surface area contributed by atoms with Crippen LogP contribution in [0.3, 0.4) is 0 Å². The molecule has 1 aromatic heterocycles. The van der Waals surface area contributed by atoms with Gasteiger partial charge in [0.2, 0.25) is 0 Å². The molecule has 1 aliphatic heterocycles. The van der Waals surface area contributed by atoms with Gasteiger partial charge < -0.3 is 10.3 Å². The van der Waals surface area contributed by atoms with Gasteiger partial charge in [0.1, 0.15) is 0 Å². The van der Waals surface area contributed by atoms with Crippen molar-refractivity contribution in [2.24, 2.45) is 5.73 Å². The topological polar surface area (TPSA) is 30.9 Å². The molecule has 3 heteroatoms. The van der Waals surface area contributed by atoms with Gasteiger partial charge >= 0.3 is 0 Å². The van der Waals surface area contributed by atoms with Crippen molar-refractivity contribution >= 4 is 11.8 Å². The fourth-order valence-corrected chi connectivity index (χ4v) is 3.22. The number of hydrogen-bond donors (Lipinski definition) is 1. The van der Waals surface area contributed by atoms with Crippen LogP contribution in [0.5, 0.6) is 0 Å². The van der Waals surface area contributed by atoms with Gasteiger partial charge in [0.05, 0.1) is 5.03 Å². The molecular formula is C12H18N2S. The van der Waals surface area contributed by atoms with E-state index in [1.165, 1.54) is 48.6 Å². The van der Waals surface area contributed by atoms with Crippen molar-refractivity contribution in [3.05, 3.63) is 17.8 Å².